The highest BCUT2D eigenvalue weighted by molar-refractivity contribution is 7.98. The Labute approximate surface area is 121 Å². The molecule has 0 radical (unpaired) electrons. The average molecular weight is 298 g/mol. The molecule has 0 aliphatic heterocycles. The van der Waals surface area contributed by atoms with Crippen molar-refractivity contribution in [2.45, 2.75) is 25.1 Å². The highest BCUT2D eigenvalue weighted by Gasteiger charge is 2.17. The first-order chi connectivity index (χ1) is 9.52. The number of pyridine rings is 1. The van der Waals surface area contributed by atoms with Gasteiger partial charge in [-0.1, -0.05) is 6.07 Å². The van der Waals surface area contributed by atoms with E-state index in [1.807, 2.05) is 12.1 Å². The lowest BCUT2D eigenvalue weighted by atomic mass is 10.2. The Morgan fingerprint density at radius 3 is 2.85 bits per heavy atom. The lowest BCUT2D eigenvalue weighted by molar-refractivity contribution is -0.141. The summed E-state index contributed by atoms with van der Waals surface area (Å²) in [5.41, 5.74) is 0.876. The van der Waals surface area contributed by atoms with E-state index in [4.69, 9.17) is 9.84 Å². The second-order valence-electron chi connectivity index (χ2n) is 4.10. The predicted octanol–water partition coefficient (Wildman–Crippen LogP) is 1.30. The van der Waals surface area contributed by atoms with E-state index in [0.29, 0.717) is 23.8 Å². The number of carboxylic acid groups (broad SMARTS) is 1. The number of carboxylic acids is 1. The topological polar surface area (TPSA) is 88.5 Å². The monoisotopic (exact) mass is 298 g/mol. The van der Waals surface area contributed by atoms with Gasteiger partial charge in [-0.15, -0.1) is 0 Å². The fourth-order valence-corrected chi connectivity index (χ4v) is 2.45. The number of rotatable bonds is 8. The minimum absolute atomic E-state index is 0.336. The Kier molecular flexibility index (Phi) is 6.86. The van der Waals surface area contributed by atoms with E-state index in [-0.39, 0.29) is 5.91 Å². The number of aliphatic carboxylic acids is 1. The van der Waals surface area contributed by atoms with Gasteiger partial charge in [0.05, 0.1) is 12.8 Å². The second kappa shape index (κ2) is 8.42. The van der Waals surface area contributed by atoms with E-state index in [1.165, 1.54) is 6.92 Å². The van der Waals surface area contributed by atoms with Gasteiger partial charge in [0.15, 0.2) is 0 Å². The zero-order chi connectivity index (χ0) is 15.0. The normalized spacial score (nSPS) is 11.7. The molecule has 1 atom stereocenters. The summed E-state index contributed by atoms with van der Waals surface area (Å²) in [5, 5.41) is 11.4. The van der Waals surface area contributed by atoms with Crippen molar-refractivity contribution in [1.29, 1.82) is 0 Å². The number of carbonyl (C=O) groups is 2. The minimum Gasteiger partial charge on any atom is -0.481 e. The molecule has 0 aliphatic carbocycles. The molecule has 1 heterocycles. The van der Waals surface area contributed by atoms with Crippen molar-refractivity contribution in [2.75, 3.05) is 12.9 Å². The molecule has 0 spiro atoms. The Bertz CT molecular complexity index is 467. The van der Waals surface area contributed by atoms with E-state index in [2.05, 4.69) is 10.3 Å². The molecule has 2 N–H and O–H groups in total. The molecule has 0 saturated carbocycles. The van der Waals surface area contributed by atoms with Crippen molar-refractivity contribution in [3.05, 3.63) is 23.9 Å². The van der Waals surface area contributed by atoms with Gasteiger partial charge in [-0.25, -0.2) is 9.78 Å². The van der Waals surface area contributed by atoms with Gasteiger partial charge in [0.2, 0.25) is 11.8 Å². The third-order valence-electron chi connectivity index (χ3n) is 2.47. The first-order valence-electron chi connectivity index (χ1n) is 6.10. The largest absolute Gasteiger partial charge is 0.481 e. The van der Waals surface area contributed by atoms with E-state index in [1.54, 1.807) is 24.9 Å². The Morgan fingerprint density at radius 2 is 2.25 bits per heavy atom. The molecule has 20 heavy (non-hydrogen) atoms. The van der Waals surface area contributed by atoms with Gasteiger partial charge in [-0.3, -0.25) is 4.79 Å². The van der Waals surface area contributed by atoms with Crippen LogP contribution in [-0.4, -0.2) is 40.9 Å². The van der Waals surface area contributed by atoms with Crippen LogP contribution >= 0.6 is 11.8 Å². The van der Waals surface area contributed by atoms with Crippen LogP contribution in [0, 0.1) is 0 Å². The summed E-state index contributed by atoms with van der Waals surface area (Å²) in [5.74, 6) is 0.502. The highest BCUT2D eigenvalue weighted by Crippen LogP contribution is 2.15. The number of hydrogen-bond acceptors (Lipinski definition) is 5. The van der Waals surface area contributed by atoms with Gasteiger partial charge >= 0.3 is 5.97 Å². The summed E-state index contributed by atoms with van der Waals surface area (Å²) >= 11 is 1.57. The number of thioether (sulfide) groups is 1. The molecule has 0 bridgehead atoms. The van der Waals surface area contributed by atoms with Crippen molar-refractivity contribution < 1.29 is 19.4 Å². The number of carbonyl (C=O) groups excluding carboxylic acids is 1. The lowest BCUT2D eigenvalue weighted by Crippen LogP contribution is -2.39. The molecule has 1 unspecified atom stereocenters. The summed E-state index contributed by atoms with van der Waals surface area (Å²) in [6.07, 6.45) is 0.379. The van der Waals surface area contributed by atoms with Crippen LogP contribution in [-0.2, 0) is 15.3 Å². The molecule has 6 nitrogen and oxygen atoms in total. The lowest BCUT2D eigenvalue weighted by Gasteiger charge is -2.12. The number of methoxy groups -OCH3 is 1. The number of nitrogens with one attached hydrogen (secondary N) is 1. The van der Waals surface area contributed by atoms with Crippen LogP contribution in [0.2, 0.25) is 0 Å². The number of ether oxygens (including phenoxy) is 1. The fourth-order valence-electron chi connectivity index (χ4n) is 1.53. The quantitative estimate of drug-likeness (QED) is 0.703. The van der Waals surface area contributed by atoms with E-state index >= 15 is 0 Å². The summed E-state index contributed by atoms with van der Waals surface area (Å²) < 4.78 is 5.03. The molecular weight excluding hydrogens is 280 g/mol. The maximum atomic E-state index is 10.9. The van der Waals surface area contributed by atoms with Gasteiger partial charge in [0.1, 0.15) is 6.04 Å². The van der Waals surface area contributed by atoms with E-state index < -0.39 is 12.0 Å². The maximum Gasteiger partial charge on any atom is 0.326 e. The van der Waals surface area contributed by atoms with E-state index in [9.17, 15) is 9.59 Å². The summed E-state index contributed by atoms with van der Waals surface area (Å²) in [7, 11) is 1.56. The third kappa shape index (κ3) is 5.92. The van der Waals surface area contributed by atoms with Crippen molar-refractivity contribution >= 4 is 23.6 Å². The molecule has 0 fully saturated rings. The zero-order valence-corrected chi connectivity index (χ0v) is 12.3. The van der Waals surface area contributed by atoms with Gasteiger partial charge in [-0.2, -0.15) is 11.8 Å². The fraction of sp³-hybridized carbons (Fsp3) is 0.462. The molecule has 0 aliphatic rings. The number of aromatic nitrogens is 1. The van der Waals surface area contributed by atoms with Crippen molar-refractivity contribution in [3.63, 3.8) is 0 Å². The minimum atomic E-state index is -1.01. The molecule has 1 aromatic heterocycles. The van der Waals surface area contributed by atoms with Crippen molar-refractivity contribution in [1.82, 2.24) is 10.3 Å². The molecule has 0 saturated heterocycles. The maximum absolute atomic E-state index is 10.9. The van der Waals surface area contributed by atoms with E-state index in [0.717, 1.165) is 5.69 Å². The van der Waals surface area contributed by atoms with Crippen molar-refractivity contribution in [2.24, 2.45) is 0 Å². The van der Waals surface area contributed by atoms with Crippen LogP contribution in [0.1, 0.15) is 19.0 Å². The smallest absolute Gasteiger partial charge is 0.326 e. The van der Waals surface area contributed by atoms with Crippen LogP contribution < -0.4 is 10.1 Å². The molecule has 0 aromatic carbocycles. The first kappa shape index (κ1) is 16.3. The summed E-state index contributed by atoms with van der Waals surface area (Å²) in [6, 6.07) is 4.68. The first-order valence-corrected chi connectivity index (χ1v) is 7.26. The van der Waals surface area contributed by atoms with Crippen LogP contribution in [0.3, 0.4) is 0 Å². The number of nitrogens with zero attached hydrogens (tertiary/aromatic N) is 1. The highest BCUT2D eigenvalue weighted by atomic mass is 32.2. The standard InChI is InChI=1S/C13H18N2O4S/c1-9(16)14-11(13(17)18)6-7-20-8-10-4-3-5-12(15-10)19-2/h3-5,11H,6-8H2,1-2H3,(H,14,16)(H,17,18). The Hall–Kier alpha value is -1.76. The number of amides is 1. The van der Waals surface area contributed by atoms with Crippen LogP contribution in [0.5, 0.6) is 5.88 Å². The SMILES string of the molecule is COc1cccc(CSCCC(NC(C)=O)C(=O)O)n1. The van der Waals surface area contributed by atoms with Crippen LogP contribution in [0.15, 0.2) is 18.2 Å². The van der Waals surface area contributed by atoms with Crippen LogP contribution in [0.4, 0.5) is 0 Å². The van der Waals surface area contributed by atoms with Crippen LogP contribution in [0.25, 0.3) is 0 Å². The predicted molar refractivity (Wildman–Crippen MR) is 76.8 cm³/mol. The molecule has 1 amide bonds. The van der Waals surface area contributed by atoms with Gasteiger partial charge in [0.25, 0.3) is 0 Å². The third-order valence-corrected chi connectivity index (χ3v) is 3.49. The van der Waals surface area contributed by atoms with Gasteiger partial charge in [-0.05, 0) is 18.2 Å². The summed E-state index contributed by atoms with van der Waals surface area (Å²) in [6.45, 7) is 1.31. The molecular formula is C13H18N2O4S. The Morgan fingerprint density at radius 1 is 1.50 bits per heavy atom. The number of hydrogen-bond donors (Lipinski definition) is 2. The van der Waals surface area contributed by atoms with Gasteiger partial charge in [0, 0.05) is 18.7 Å². The molecule has 110 valence electrons. The van der Waals surface area contributed by atoms with Crippen molar-refractivity contribution in [3.8, 4) is 5.88 Å². The van der Waals surface area contributed by atoms with Gasteiger partial charge < -0.3 is 15.2 Å². The second-order valence-corrected chi connectivity index (χ2v) is 5.21. The molecule has 7 heteroatoms. The Balaban J connectivity index is 2.35. The summed E-state index contributed by atoms with van der Waals surface area (Å²) in [4.78, 5) is 26.1. The average Bonchev–Trinajstić information content (AvgIpc) is 2.41. The molecule has 1 aromatic rings. The molecule has 1 rings (SSSR count). The zero-order valence-electron chi connectivity index (χ0n) is 11.5.